The Labute approximate surface area is 199 Å². The molecular formula is C22H14Cl2F4N2O4. The van der Waals surface area contributed by atoms with Gasteiger partial charge in [-0.2, -0.15) is 13.2 Å². The Morgan fingerprint density at radius 2 is 1.74 bits per heavy atom. The SMILES string of the molecule is O=C1N[C@@H](c2ccc(-c3ccc(Cl)cc3Cl)o2)[C@H](C(=O)c2ccc(F)cc2)[C@@](O)(C(F)(F)F)N1. The summed E-state index contributed by atoms with van der Waals surface area (Å²) in [5.74, 6) is -4.38. The number of hydrogen-bond donors (Lipinski definition) is 3. The number of Topliss-reactive ketones (excluding diaryl/α,β-unsaturated/α-hetero) is 1. The largest absolute Gasteiger partial charge is 0.459 e. The standard InChI is InChI=1S/C22H14Cl2F4N2O4/c23-11-3-6-13(14(24)9-11)15-7-8-16(34-15)18-17(19(31)10-1-4-12(25)5-2-10)21(33,22(26,27)28)30-20(32)29-18/h1-9,17-18,33H,(H2,29,30,32)/t17-,18+,21-/m1/s1. The van der Waals surface area contributed by atoms with Crippen molar-refractivity contribution in [1.82, 2.24) is 10.6 Å². The van der Waals surface area contributed by atoms with Crippen molar-refractivity contribution in [3.63, 3.8) is 0 Å². The number of ketones is 1. The maximum atomic E-state index is 14.0. The number of halogens is 6. The second-order valence-corrected chi connectivity index (χ2v) is 8.36. The molecule has 4 rings (SSSR count). The predicted octanol–water partition coefficient (Wildman–Crippen LogP) is 5.50. The van der Waals surface area contributed by atoms with Crippen LogP contribution in [0.3, 0.4) is 0 Å². The minimum absolute atomic E-state index is 0.118. The van der Waals surface area contributed by atoms with Crippen LogP contribution in [0.4, 0.5) is 22.4 Å². The molecule has 12 heteroatoms. The molecule has 0 saturated carbocycles. The smallest absolute Gasteiger partial charge is 0.437 e. The number of alkyl halides is 3. The molecule has 178 valence electrons. The van der Waals surface area contributed by atoms with Gasteiger partial charge < -0.3 is 20.2 Å². The lowest BCUT2D eigenvalue weighted by Crippen LogP contribution is -2.72. The molecule has 0 radical (unpaired) electrons. The number of furan rings is 1. The molecule has 1 saturated heterocycles. The van der Waals surface area contributed by atoms with Crippen molar-refractivity contribution in [3.8, 4) is 11.3 Å². The number of nitrogens with one attached hydrogen (secondary N) is 2. The van der Waals surface area contributed by atoms with Gasteiger partial charge in [0.15, 0.2) is 5.78 Å². The van der Waals surface area contributed by atoms with Gasteiger partial charge in [0.2, 0.25) is 5.72 Å². The molecule has 3 aromatic rings. The van der Waals surface area contributed by atoms with Crippen molar-refractivity contribution >= 4 is 35.0 Å². The van der Waals surface area contributed by atoms with E-state index in [9.17, 15) is 32.3 Å². The highest BCUT2D eigenvalue weighted by Gasteiger charge is 2.66. The van der Waals surface area contributed by atoms with Crippen molar-refractivity contribution in [1.29, 1.82) is 0 Å². The Morgan fingerprint density at radius 3 is 2.35 bits per heavy atom. The van der Waals surface area contributed by atoms with Gasteiger partial charge >= 0.3 is 12.2 Å². The van der Waals surface area contributed by atoms with Crippen LogP contribution in [0.15, 0.2) is 59.0 Å². The molecule has 0 aliphatic carbocycles. The molecule has 1 aliphatic heterocycles. The van der Waals surface area contributed by atoms with Gasteiger partial charge in [0.1, 0.15) is 29.3 Å². The highest BCUT2D eigenvalue weighted by Crippen LogP contribution is 2.45. The molecule has 0 spiro atoms. The summed E-state index contributed by atoms with van der Waals surface area (Å²) in [6, 6.07) is 7.69. The average Bonchev–Trinajstić information content (AvgIpc) is 3.22. The van der Waals surface area contributed by atoms with E-state index >= 15 is 0 Å². The first-order valence-corrected chi connectivity index (χ1v) is 10.4. The van der Waals surface area contributed by atoms with E-state index in [1.807, 2.05) is 0 Å². The maximum absolute atomic E-state index is 14.0. The molecule has 2 amide bonds. The maximum Gasteiger partial charge on any atom is 0.437 e. The molecule has 3 N–H and O–H groups in total. The van der Waals surface area contributed by atoms with Gasteiger partial charge in [0.05, 0.1) is 5.02 Å². The minimum atomic E-state index is -5.45. The third-order valence-corrected chi connectivity index (χ3v) is 5.90. The third-order valence-electron chi connectivity index (χ3n) is 5.35. The van der Waals surface area contributed by atoms with Crippen LogP contribution in [-0.4, -0.2) is 28.8 Å². The number of benzene rings is 2. The van der Waals surface area contributed by atoms with E-state index in [-0.39, 0.29) is 22.1 Å². The fourth-order valence-electron chi connectivity index (χ4n) is 3.72. The Kier molecular flexibility index (Phi) is 6.09. The first-order chi connectivity index (χ1) is 15.9. The zero-order valence-electron chi connectivity index (χ0n) is 16.8. The van der Waals surface area contributed by atoms with Crippen molar-refractivity contribution in [2.75, 3.05) is 0 Å². The highest BCUT2D eigenvalue weighted by atomic mass is 35.5. The molecule has 1 aromatic heterocycles. The Bertz CT molecular complexity index is 1260. The summed E-state index contributed by atoms with van der Waals surface area (Å²) < 4.78 is 60.9. The van der Waals surface area contributed by atoms with E-state index in [0.717, 1.165) is 24.3 Å². The molecule has 1 aliphatic rings. The molecule has 2 heterocycles. The minimum Gasteiger partial charge on any atom is -0.459 e. The van der Waals surface area contributed by atoms with Crippen LogP contribution in [0.1, 0.15) is 22.2 Å². The number of amides is 2. The fraction of sp³-hybridized carbons (Fsp3) is 0.182. The van der Waals surface area contributed by atoms with Gasteiger partial charge in [-0.25, -0.2) is 9.18 Å². The zero-order valence-corrected chi connectivity index (χ0v) is 18.3. The number of urea groups is 1. The van der Waals surface area contributed by atoms with Gasteiger partial charge in [0, 0.05) is 16.1 Å². The zero-order chi connectivity index (χ0) is 24.8. The van der Waals surface area contributed by atoms with Gasteiger partial charge in [-0.1, -0.05) is 23.2 Å². The van der Waals surface area contributed by atoms with Gasteiger partial charge in [0.25, 0.3) is 0 Å². The monoisotopic (exact) mass is 516 g/mol. The quantitative estimate of drug-likeness (QED) is 0.315. The highest BCUT2D eigenvalue weighted by molar-refractivity contribution is 6.36. The van der Waals surface area contributed by atoms with Crippen LogP contribution in [0, 0.1) is 11.7 Å². The van der Waals surface area contributed by atoms with E-state index in [0.29, 0.717) is 10.6 Å². The van der Waals surface area contributed by atoms with Crippen molar-refractivity contribution in [3.05, 3.63) is 81.8 Å². The van der Waals surface area contributed by atoms with E-state index in [2.05, 4.69) is 5.32 Å². The molecule has 2 aromatic carbocycles. The van der Waals surface area contributed by atoms with E-state index in [1.54, 1.807) is 0 Å². The van der Waals surface area contributed by atoms with Gasteiger partial charge in [-0.3, -0.25) is 4.79 Å². The van der Waals surface area contributed by atoms with Crippen molar-refractivity contribution in [2.24, 2.45) is 5.92 Å². The number of hydrogen-bond acceptors (Lipinski definition) is 4. The summed E-state index contributed by atoms with van der Waals surface area (Å²) in [5, 5.41) is 14.7. The first kappa shape index (κ1) is 24.1. The molecule has 3 atom stereocenters. The summed E-state index contributed by atoms with van der Waals surface area (Å²) in [6.45, 7) is 0. The lowest BCUT2D eigenvalue weighted by atomic mass is 9.79. The topological polar surface area (TPSA) is 91.6 Å². The van der Waals surface area contributed by atoms with Crippen LogP contribution in [0.5, 0.6) is 0 Å². The number of carbonyl (C=O) groups is 2. The second-order valence-electron chi connectivity index (χ2n) is 7.52. The van der Waals surface area contributed by atoms with Crippen LogP contribution < -0.4 is 10.6 Å². The van der Waals surface area contributed by atoms with E-state index < -0.39 is 41.5 Å². The fourth-order valence-corrected chi connectivity index (χ4v) is 4.23. The number of aliphatic hydroxyl groups is 1. The van der Waals surface area contributed by atoms with Crippen LogP contribution in [0.2, 0.25) is 10.0 Å². The summed E-state index contributed by atoms with van der Waals surface area (Å²) >= 11 is 12.0. The Morgan fingerprint density at radius 1 is 1.06 bits per heavy atom. The number of carbonyl (C=O) groups excluding carboxylic acids is 2. The van der Waals surface area contributed by atoms with Crippen LogP contribution in [0.25, 0.3) is 11.3 Å². The summed E-state index contributed by atoms with van der Waals surface area (Å²) in [6.07, 6.45) is -5.45. The number of rotatable bonds is 4. The lowest BCUT2D eigenvalue weighted by molar-refractivity contribution is -0.288. The Hall–Kier alpha value is -3.08. The van der Waals surface area contributed by atoms with Crippen LogP contribution in [-0.2, 0) is 0 Å². The van der Waals surface area contributed by atoms with Crippen LogP contribution >= 0.6 is 23.2 Å². The van der Waals surface area contributed by atoms with Gasteiger partial charge in [-0.15, -0.1) is 0 Å². The molecule has 0 bridgehead atoms. The second kappa shape index (κ2) is 8.61. The summed E-state index contributed by atoms with van der Waals surface area (Å²) in [5.41, 5.74) is -3.91. The third kappa shape index (κ3) is 4.24. The Balaban J connectivity index is 1.82. The summed E-state index contributed by atoms with van der Waals surface area (Å²) in [7, 11) is 0. The molecule has 6 nitrogen and oxygen atoms in total. The molecule has 1 fully saturated rings. The first-order valence-electron chi connectivity index (χ1n) is 9.63. The van der Waals surface area contributed by atoms with Gasteiger partial charge in [-0.05, 0) is 54.6 Å². The van der Waals surface area contributed by atoms with Crippen molar-refractivity contribution < 1.29 is 36.7 Å². The van der Waals surface area contributed by atoms with Crippen molar-refractivity contribution in [2.45, 2.75) is 17.9 Å². The van der Waals surface area contributed by atoms with E-state index in [4.69, 9.17) is 27.6 Å². The molecule has 0 unspecified atom stereocenters. The normalized spacial score (nSPS) is 22.7. The predicted molar refractivity (Wildman–Crippen MR) is 114 cm³/mol. The summed E-state index contributed by atoms with van der Waals surface area (Å²) in [4.78, 5) is 25.3. The van der Waals surface area contributed by atoms with E-state index in [1.165, 1.54) is 35.6 Å². The average molecular weight is 517 g/mol. The lowest BCUT2D eigenvalue weighted by Gasteiger charge is -2.44. The molecule has 34 heavy (non-hydrogen) atoms. The molecular weight excluding hydrogens is 503 g/mol.